The zero-order valence-corrected chi connectivity index (χ0v) is 13.2. The average Bonchev–Trinajstić information content (AvgIpc) is 2.49. The van der Waals surface area contributed by atoms with Gasteiger partial charge in [0.2, 0.25) is 5.91 Å². The lowest BCUT2D eigenvalue weighted by molar-refractivity contribution is -0.118. The van der Waals surface area contributed by atoms with E-state index in [2.05, 4.69) is 6.92 Å². The smallest absolute Gasteiger partial charge is 0.226 e. The van der Waals surface area contributed by atoms with Gasteiger partial charge in [0.1, 0.15) is 0 Å². The van der Waals surface area contributed by atoms with Crippen molar-refractivity contribution in [3.8, 4) is 0 Å². The number of nitrogen functional groups attached to an aromatic ring is 1. The fraction of sp³-hybridized carbons (Fsp3) is 0.611. The zero-order valence-electron chi connectivity index (χ0n) is 13.2. The van der Waals surface area contributed by atoms with Gasteiger partial charge in [0.15, 0.2) is 0 Å². The van der Waals surface area contributed by atoms with Crippen molar-refractivity contribution in [1.82, 2.24) is 0 Å². The standard InChI is InChI=1S/C18H28N2O/c1-2-3-4-5-6-7-10-18(21)20-13-8-9-15-14-16(19)11-12-17(15)20/h11-12,14H,2-10,13,19H2,1H3. The fourth-order valence-electron chi connectivity index (χ4n) is 3.07. The number of hydrogen-bond donors (Lipinski definition) is 1. The van der Waals surface area contributed by atoms with Crippen LogP contribution in [0.25, 0.3) is 0 Å². The second-order valence-corrected chi connectivity index (χ2v) is 6.05. The van der Waals surface area contributed by atoms with Crippen molar-refractivity contribution in [3.05, 3.63) is 23.8 Å². The molecule has 1 aromatic rings. The SMILES string of the molecule is CCCCCCCCC(=O)N1CCCc2cc(N)ccc21. The predicted molar refractivity (Wildman–Crippen MR) is 89.5 cm³/mol. The quantitative estimate of drug-likeness (QED) is 0.600. The second-order valence-electron chi connectivity index (χ2n) is 6.05. The highest BCUT2D eigenvalue weighted by molar-refractivity contribution is 5.94. The third-order valence-corrected chi connectivity index (χ3v) is 4.27. The number of hydrogen-bond acceptors (Lipinski definition) is 2. The summed E-state index contributed by atoms with van der Waals surface area (Å²) in [6.45, 7) is 3.08. The highest BCUT2D eigenvalue weighted by atomic mass is 16.2. The minimum atomic E-state index is 0.274. The topological polar surface area (TPSA) is 46.3 Å². The molecule has 1 heterocycles. The molecule has 1 aliphatic rings. The van der Waals surface area contributed by atoms with E-state index in [9.17, 15) is 4.79 Å². The fourth-order valence-corrected chi connectivity index (χ4v) is 3.07. The van der Waals surface area contributed by atoms with Crippen LogP contribution in [-0.2, 0) is 11.2 Å². The van der Waals surface area contributed by atoms with E-state index >= 15 is 0 Å². The van der Waals surface area contributed by atoms with E-state index in [-0.39, 0.29) is 5.91 Å². The molecule has 0 aliphatic carbocycles. The highest BCUT2D eigenvalue weighted by Gasteiger charge is 2.21. The number of rotatable bonds is 7. The molecule has 0 spiro atoms. The van der Waals surface area contributed by atoms with Crippen molar-refractivity contribution in [2.24, 2.45) is 0 Å². The van der Waals surface area contributed by atoms with Gasteiger partial charge < -0.3 is 10.6 Å². The highest BCUT2D eigenvalue weighted by Crippen LogP contribution is 2.29. The van der Waals surface area contributed by atoms with Crippen LogP contribution in [0.3, 0.4) is 0 Å². The van der Waals surface area contributed by atoms with Crippen LogP contribution in [0.4, 0.5) is 11.4 Å². The van der Waals surface area contributed by atoms with Crippen LogP contribution in [-0.4, -0.2) is 12.5 Å². The summed E-state index contributed by atoms with van der Waals surface area (Å²) in [6.07, 6.45) is 10.1. The van der Waals surface area contributed by atoms with Crippen molar-refractivity contribution >= 4 is 17.3 Å². The van der Waals surface area contributed by atoms with Gasteiger partial charge in [-0.05, 0) is 43.0 Å². The predicted octanol–water partition coefficient (Wildman–Crippen LogP) is 4.30. The lowest BCUT2D eigenvalue weighted by atomic mass is 10.00. The summed E-state index contributed by atoms with van der Waals surface area (Å²) >= 11 is 0. The minimum Gasteiger partial charge on any atom is -0.399 e. The Bertz CT molecular complexity index is 470. The molecule has 21 heavy (non-hydrogen) atoms. The molecule has 2 rings (SSSR count). The number of carbonyl (C=O) groups excluding carboxylic acids is 1. The summed E-state index contributed by atoms with van der Waals surface area (Å²) in [4.78, 5) is 14.4. The average molecular weight is 288 g/mol. The third kappa shape index (κ3) is 4.48. The second kappa shape index (κ2) is 8.06. The molecule has 1 amide bonds. The molecule has 0 radical (unpaired) electrons. The number of nitrogens with zero attached hydrogens (tertiary/aromatic N) is 1. The Morgan fingerprint density at radius 1 is 1.19 bits per heavy atom. The van der Waals surface area contributed by atoms with E-state index in [0.29, 0.717) is 6.42 Å². The Hall–Kier alpha value is -1.51. The first-order valence-electron chi connectivity index (χ1n) is 8.41. The molecule has 0 unspecified atom stereocenters. The molecule has 1 aliphatic heterocycles. The van der Waals surface area contributed by atoms with Crippen LogP contribution in [0.1, 0.15) is 63.9 Å². The maximum Gasteiger partial charge on any atom is 0.226 e. The van der Waals surface area contributed by atoms with E-state index < -0.39 is 0 Å². The monoisotopic (exact) mass is 288 g/mol. The zero-order chi connectivity index (χ0) is 15.1. The summed E-state index contributed by atoms with van der Waals surface area (Å²) in [6, 6.07) is 5.91. The number of unbranched alkanes of at least 4 members (excludes halogenated alkanes) is 5. The molecule has 0 saturated carbocycles. The van der Waals surface area contributed by atoms with E-state index in [1.807, 2.05) is 23.1 Å². The molecule has 1 aromatic carbocycles. The molecule has 2 N–H and O–H groups in total. The van der Waals surface area contributed by atoms with Crippen LogP contribution in [0.5, 0.6) is 0 Å². The van der Waals surface area contributed by atoms with Crippen molar-refractivity contribution in [2.45, 2.75) is 64.7 Å². The summed E-state index contributed by atoms with van der Waals surface area (Å²) in [5.41, 5.74) is 8.92. The first-order valence-corrected chi connectivity index (χ1v) is 8.41. The maximum absolute atomic E-state index is 12.4. The molecular formula is C18H28N2O. The molecule has 116 valence electrons. The summed E-state index contributed by atoms with van der Waals surface area (Å²) in [5.74, 6) is 0.274. The van der Waals surface area contributed by atoms with Crippen LogP contribution in [0, 0.1) is 0 Å². The van der Waals surface area contributed by atoms with Gasteiger partial charge in [0.05, 0.1) is 0 Å². The molecule has 0 atom stereocenters. The summed E-state index contributed by atoms with van der Waals surface area (Å²) in [7, 11) is 0. The largest absolute Gasteiger partial charge is 0.399 e. The lowest BCUT2D eigenvalue weighted by Crippen LogP contribution is -2.35. The Morgan fingerprint density at radius 3 is 2.76 bits per heavy atom. The van der Waals surface area contributed by atoms with Crippen molar-refractivity contribution in [1.29, 1.82) is 0 Å². The van der Waals surface area contributed by atoms with Gasteiger partial charge in [-0.1, -0.05) is 39.0 Å². The number of amides is 1. The van der Waals surface area contributed by atoms with Crippen molar-refractivity contribution in [2.75, 3.05) is 17.2 Å². The Labute approximate surface area is 128 Å². The van der Waals surface area contributed by atoms with Crippen LogP contribution >= 0.6 is 0 Å². The van der Waals surface area contributed by atoms with Crippen LogP contribution in [0.15, 0.2) is 18.2 Å². The number of carbonyl (C=O) groups is 1. The van der Waals surface area contributed by atoms with Gasteiger partial charge >= 0.3 is 0 Å². The number of nitrogens with two attached hydrogens (primary N) is 1. The number of anilines is 2. The van der Waals surface area contributed by atoms with Gasteiger partial charge in [0.25, 0.3) is 0 Å². The molecule has 0 saturated heterocycles. The number of benzene rings is 1. The lowest BCUT2D eigenvalue weighted by Gasteiger charge is -2.29. The summed E-state index contributed by atoms with van der Waals surface area (Å²) < 4.78 is 0. The molecule has 0 aromatic heterocycles. The number of fused-ring (bicyclic) bond motifs is 1. The molecule has 3 nitrogen and oxygen atoms in total. The van der Waals surface area contributed by atoms with Gasteiger partial charge in [0, 0.05) is 24.3 Å². The van der Waals surface area contributed by atoms with Crippen LogP contribution in [0.2, 0.25) is 0 Å². The van der Waals surface area contributed by atoms with Gasteiger partial charge in [-0.25, -0.2) is 0 Å². The Morgan fingerprint density at radius 2 is 1.95 bits per heavy atom. The first kappa shape index (κ1) is 15.9. The molecule has 3 heteroatoms. The van der Waals surface area contributed by atoms with Gasteiger partial charge in [-0.2, -0.15) is 0 Å². The van der Waals surface area contributed by atoms with E-state index in [1.165, 1.54) is 37.7 Å². The molecular weight excluding hydrogens is 260 g/mol. The van der Waals surface area contributed by atoms with E-state index in [1.54, 1.807) is 0 Å². The minimum absolute atomic E-state index is 0.274. The molecule has 0 bridgehead atoms. The normalized spacial score (nSPS) is 14.0. The van der Waals surface area contributed by atoms with Crippen molar-refractivity contribution < 1.29 is 4.79 Å². The van der Waals surface area contributed by atoms with E-state index in [4.69, 9.17) is 5.73 Å². The maximum atomic E-state index is 12.4. The molecule has 0 fully saturated rings. The summed E-state index contributed by atoms with van der Waals surface area (Å²) in [5, 5.41) is 0. The Balaban J connectivity index is 1.84. The van der Waals surface area contributed by atoms with Gasteiger partial charge in [-0.3, -0.25) is 4.79 Å². The number of aryl methyl sites for hydroxylation is 1. The van der Waals surface area contributed by atoms with Crippen molar-refractivity contribution in [3.63, 3.8) is 0 Å². The van der Waals surface area contributed by atoms with Gasteiger partial charge in [-0.15, -0.1) is 0 Å². The van der Waals surface area contributed by atoms with E-state index in [0.717, 1.165) is 37.2 Å². The van der Waals surface area contributed by atoms with Crippen LogP contribution < -0.4 is 10.6 Å². The first-order chi connectivity index (χ1) is 10.2. The third-order valence-electron chi connectivity index (χ3n) is 4.27. The Kier molecular flexibility index (Phi) is 6.09.